The van der Waals surface area contributed by atoms with Crippen LogP contribution >= 0.6 is 0 Å². The minimum atomic E-state index is -3.61. The molecule has 21 heavy (non-hydrogen) atoms. The molecule has 0 bridgehead atoms. The largest absolute Gasteiger partial charge is 0.325 e. The fraction of sp³-hybridized carbons (Fsp3) is 0.385. The molecule has 1 amide bonds. The number of hydrogen-bond donors (Lipinski definition) is 1. The molecule has 8 heteroatoms. The Kier molecular flexibility index (Phi) is 5.84. The third-order valence-electron chi connectivity index (χ3n) is 2.74. The molecule has 0 spiro atoms. The Labute approximate surface area is 125 Å². The molecule has 0 fully saturated rings. The first-order valence-electron chi connectivity index (χ1n) is 6.17. The van der Waals surface area contributed by atoms with E-state index in [2.05, 4.69) is 5.32 Å². The number of nitriles is 1. The summed E-state index contributed by atoms with van der Waals surface area (Å²) in [6, 6.07) is 8.85. The highest BCUT2D eigenvalue weighted by atomic mass is 32.2. The van der Waals surface area contributed by atoms with Crippen LogP contribution in [0.15, 0.2) is 24.3 Å². The molecule has 0 atom stereocenters. The van der Waals surface area contributed by atoms with Gasteiger partial charge in [0.05, 0.1) is 19.0 Å². The van der Waals surface area contributed by atoms with Crippen molar-refractivity contribution < 1.29 is 13.2 Å². The number of hydrogen-bond acceptors (Lipinski definition) is 4. The zero-order chi connectivity index (χ0) is 16.0. The summed E-state index contributed by atoms with van der Waals surface area (Å²) < 4.78 is 25.6. The van der Waals surface area contributed by atoms with E-state index in [-0.39, 0.29) is 6.54 Å². The molecule has 1 aromatic rings. The molecule has 1 rings (SSSR count). The zero-order valence-corrected chi connectivity index (χ0v) is 13.0. The van der Waals surface area contributed by atoms with Gasteiger partial charge in [0.25, 0.3) is 10.2 Å². The molecule has 114 valence electrons. The van der Waals surface area contributed by atoms with Gasteiger partial charge in [-0.3, -0.25) is 4.79 Å². The van der Waals surface area contributed by atoms with Crippen molar-refractivity contribution in [1.82, 2.24) is 8.61 Å². The van der Waals surface area contributed by atoms with Crippen LogP contribution in [0.3, 0.4) is 0 Å². The van der Waals surface area contributed by atoms with Crippen LogP contribution in [0.25, 0.3) is 0 Å². The average Bonchev–Trinajstić information content (AvgIpc) is 2.40. The molecular weight excluding hydrogens is 292 g/mol. The monoisotopic (exact) mass is 310 g/mol. The number of carbonyl (C=O) groups excluding carboxylic acids is 1. The number of likely N-dealkylation sites (N-methyl/N-ethyl adjacent to an activating group) is 1. The number of nitrogens with one attached hydrogen (secondary N) is 1. The fourth-order valence-electron chi connectivity index (χ4n) is 1.56. The van der Waals surface area contributed by atoms with Gasteiger partial charge in [-0.1, -0.05) is 12.1 Å². The van der Waals surface area contributed by atoms with Crippen LogP contribution in [-0.4, -0.2) is 50.6 Å². The summed E-state index contributed by atoms with van der Waals surface area (Å²) >= 11 is 0. The molecule has 0 radical (unpaired) electrons. The quantitative estimate of drug-likeness (QED) is 0.824. The number of rotatable bonds is 6. The van der Waals surface area contributed by atoms with Gasteiger partial charge in [0.1, 0.15) is 0 Å². The smallest absolute Gasteiger partial charge is 0.281 e. The van der Waals surface area contributed by atoms with E-state index in [0.29, 0.717) is 12.1 Å². The lowest BCUT2D eigenvalue weighted by Gasteiger charge is -2.20. The SMILES string of the molecule is CN(C)S(=O)(=O)N(C)CC(=O)Nc1ccc(CC#N)cc1. The lowest BCUT2D eigenvalue weighted by Crippen LogP contribution is -2.41. The van der Waals surface area contributed by atoms with E-state index in [0.717, 1.165) is 14.2 Å². The van der Waals surface area contributed by atoms with Crippen LogP contribution in [0.1, 0.15) is 5.56 Å². The van der Waals surface area contributed by atoms with Crippen molar-refractivity contribution in [1.29, 1.82) is 5.26 Å². The Morgan fingerprint density at radius 2 is 1.81 bits per heavy atom. The highest BCUT2D eigenvalue weighted by molar-refractivity contribution is 7.86. The molecule has 0 saturated heterocycles. The fourth-order valence-corrected chi connectivity index (χ4v) is 2.40. The lowest BCUT2D eigenvalue weighted by atomic mass is 10.1. The number of carbonyl (C=O) groups is 1. The predicted molar refractivity (Wildman–Crippen MR) is 79.6 cm³/mol. The molecule has 1 N–H and O–H groups in total. The summed E-state index contributed by atoms with van der Waals surface area (Å²) in [5.74, 6) is -0.434. The van der Waals surface area contributed by atoms with Crippen LogP contribution in [0.5, 0.6) is 0 Å². The van der Waals surface area contributed by atoms with Crippen molar-refractivity contribution in [2.75, 3.05) is 33.0 Å². The van der Waals surface area contributed by atoms with Crippen LogP contribution in [0.4, 0.5) is 5.69 Å². The molecular formula is C13H18N4O3S. The minimum Gasteiger partial charge on any atom is -0.325 e. The van der Waals surface area contributed by atoms with E-state index in [1.807, 2.05) is 6.07 Å². The van der Waals surface area contributed by atoms with Gasteiger partial charge in [-0.25, -0.2) is 0 Å². The third-order valence-corrected chi connectivity index (χ3v) is 4.58. The number of benzene rings is 1. The Morgan fingerprint density at radius 1 is 1.24 bits per heavy atom. The molecule has 7 nitrogen and oxygen atoms in total. The van der Waals surface area contributed by atoms with Crippen LogP contribution < -0.4 is 5.32 Å². The van der Waals surface area contributed by atoms with Crippen molar-refractivity contribution in [3.05, 3.63) is 29.8 Å². The van der Waals surface area contributed by atoms with Crippen molar-refractivity contribution in [3.63, 3.8) is 0 Å². The maximum absolute atomic E-state index is 11.8. The van der Waals surface area contributed by atoms with Gasteiger partial charge >= 0.3 is 0 Å². The second-order valence-corrected chi connectivity index (χ2v) is 6.88. The predicted octanol–water partition coefficient (Wildman–Crippen LogP) is 0.429. The topological polar surface area (TPSA) is 93.5 Å². The number of amides is 1. The molecule has 0 aliphatic heterocycles. The molecule has 0 aliphatic carbocycles. The number of nitrogens with zero attached hydrogens (tertiary/aromatic N) is 3. The molecule has 1 aromatic carbocycles. The molecule has 0 heterocycles. The summed E-state index contributed by atoms with van der Waals surface area (Å²) in [5.41, 5.74) is 1.40. The van der Waals surface area contributed by atoms with E-state index < -0.39 is 16.1 Å². The van der Waals surface area contributed by atoms with Gasteiger partial charge in [0.2, 0.25) is 5.91 Å². The molecule has 0 saturated carbocycles. The van der Waals surface area contributed by atoms with Crippen LogP contribution in [0, 0.1) is 11.3 Å². The normalized spacial score (nSPS) is 11.4. The Hall–Kier alpha value is -1.95. The van der Waals surface area contributed by atoms with Gasteiger partial charge in [0.15, 0.2) is 0 Å². The summed E-state index contributed by atoms with van der Waals surface area (Å²) in [5, 5.41) is 11.2. The van der Waals surface area contributed by atoms with Crippen molar-refractivity contribution in [3.8, 4) is 6.07 Å². The van der Waals surface area contributed by atoms with Crippen molar-refractivity contribution >= 4 is 21.8 Å². The summed E-state index contributed by atoms with van der Waals surface area (Å²) in [7, 11) is 0.531. The Morgan fingerprint density at radius 3 is 2.29 bits per heavy atom. The zero-order valence-electron chi connectivity index (χ0n) is 12.2. The second-order valence-electron chi connectivity index (χ2n) is 4.63. The molecule has 0 aliphatic rings. The first kappa shape index (κ1) is 17.1. The minimum absolute atomic E-state index is 0.277. The summed E-state index contributed by atoms with van der Waals surface area (Å²) in [6.07, 6.45) is 0.304. The standard InChI is InChI=1S/C13H18N4O3S/c1-16(2)21(19,20)17(3)10-13(18)15-12-6-4-11(5-7-12)8-9-14/h4-7H,8,10H2,1-3H3,(H,15,18). The van der Waals surface area contributed by atoms with E-state index in [9.17, 15) is 13.2 Å². The Balaban J connectivity index is 2.64. The van der Waals surface area contributed by atoms with E-state index in [1.165, 1.54) is 21.1 Å². The van der Waals surface area contributed by atoms with Crippen molar-refractivity contribution in [2.24, 2.45) is 0 Å². The number of anilines is 1. The average molecular weight is 310 g/mol. The van der Waals surface area contributed by atoms with Crippen molar-refractivity contribution in [2.45, 2.75) is 6.42 Å². The molecule has 0 aromatic heterocycles. The van der Waals surface area contributed by atoms with E-state index in [4.69, 9.17) is 5.26 Å². The van der Waals surface area contributed by atoms with E-state index >= 15 is 0 Å². The lowest BCUT2D eigenvalue weighted by molar-refractivity contribution is -0.116. The summed E-state index contributed by atoms with van der Waals surface area (Å²) in [6.45, 7) is -0.277. The highest BCUT2D eigenvalue weighted by Crippen LogP contribution is 2.10. The van der Waals surface area contributed by atoms with Crippen LogP contribution in [0.2, 0.25) is 0 Å². The maximum Gasteiger partial charge on any atom is 0.281 e. The van der Waals surface area contributed by atoms with Gasteiger partial charge in [0, 0.05) is 26.8 Å². The van der Waals surface area contributed by atoms with E-state index in [1.54, 1.807) is 24.3 Å². The maximum atomic E-state index is 11.8. The van der Waals surface area contributed by atoms with Gasteiger partial charge < -0.3 is 5.32 Å². The highest BCUT2D eigenvalue weighted by Gasteiger charge is 2.22. The molecule has 0 unspecified atom stereocenters. The van der Waals surface area contributed by atoms with Crippen LogP contribution in [-0.2, 0) is 21.4 Å². The second kappa shape index (κ2) is 7.17. The Bertz CT molecular complexity index is 632. The first-order chi connectivity index (χ1) is 9.77. The van der Waals surface area contributed by atoms with Gasteiger partial charge in [-0.2, -0.15) is 22.3 Å². The van der Waals surface area contributed by atoms with Gasteiger partial charge in [-0.15, -0.1) is 0 Å². The summed E-state index contributed by atoms with van der Waals surface area (Å²) in [4.78, 5) is 11.8. The first-order valence-corrected chi connectivity index (χ1v) is 7.56. The third kappa shape index (κ3) is 4.82. The van der Waals surface area contributed by atoms with Gasteiger partial charge in [-0.05, 0) is 17.7 Å².